The van der Waals surface area contributed by atoms with Gasteiger partial charge >= 0.3 is 0 Å². The van der Waals surface area contributed by atoms with E-state index < -0.39 is 0 Å². The Labute approximate surface area is 181 Å². The summed E-state index contributed by atoms with van der Waals surface area (Å²) in [6.07, 6.45) is 13.5. The normalized spacial score (nSPS) is 16.0. The minimum Gasteiger partial charge on any atom is -0.381 e. The van der Waals surface area contributed by atoms with Crippen LogP contribution in [-0.2, 0) is 0 Å². The molecule has 1 saturated heterocycles. The van der Waals surface area contributed by atoms with Gasteiger partial charge in [-0.25, -0.2) is 4.98 Å². The molecule has 0 saturated carbocycles. The van der Waals surface area contributed by atoms with Gasteiger partial charge in [-0.3, -0.25) is 9.97 Å². The number of fused-ring (bicyclic) bond motifs is 2. The molecule has 0 aliphatic carbocycles. The van der Waals surface area contributed by atoms with E-state index >= 15 is 0 Å². The van der Waals surface area contributed by atoms with Crippen LogP contribution in [0.5, 0.6) is 0 Å². The van der Waals surface area contributed by atoms with Crippen molar-refractivity contribution in [1.29, 1.82) is 0 Å². The van der Waals surface area contributed by atoms with Crippen LogP contribution < -0.4 is 10.2 Å². The smallest absolute Gasteiger partial charge is 0.139 e. The van der Waals surface area contributed by atoms with Crippen LogP contribution in [-0.4, -0.2) is 39.6 Å². The van der Waals surface area contributed by atoms with Crippen LogP contribution in [0.3, 0.4) is 0 Å². The minimum absolute atomic E-state index is 0.781. The van der Waals surface area contributed by atoms with E-state index in [1.807, 2.05) is 24.7 Å². The molecule has 6 nitrogen and oxygen atoms in total. The van der Waals surface area contributed by atoms with Gasteiger partial charge in [0.1, 0.15) is 11.3 Å². The number of H-pyrrole nitrogens is 1. The van der Waals surface area contributed by atoms with Gasteiger partial charge in [-0.15, -0.1) is 0 Å². The van der Waals surface area contributed by atoms with Gasteiger partial charge < -0.3 is 15.2 Å². The third-order valence-electron chi connectivity index (χ3n) is 6.23. The van der Waals surface area contributed by atoms with Gasteiger partial charge in [-0.05, 0) is 43.0 Å². The van der Waals surface area contributed by atoms with E-state index in [-0.39, 0.29) is 0 Å². The van der Waals surface area contributed by atoms with E-state index in [0.717, 1.165) is 70.1 Å². The summed E-state index contributed by atoms with van der Waals surface area (Å²) in [6.45, 7) is 2.93. The number of hydrogen-bond donors (Lipinski definition) is 2. The predicted octanol–water partition coefficient (Wildman–Crippen LogP) is 4.87. The minimum atomic E-state index is 0.781. The van der Waals surface area contributed by atoms with Gasteiger partial charge in [0, 0.05) is 54.4 Å². The van der Waals surface area contributed by atoms with Gasteiger partial charge in [-0.1, -0.05) is 18.2 Å². The highest BCUT2D eigenvalue weighted by atomic mass is 15.2. The van der Waals surface area contributed by atoms with Crippen LogP contribution in [0.4, 0.5) is 11.4 Å². The number of imidazole rings is 1. The molecule has 4 aromatic rings. The lowest BCUT2D eigenvalue weighted by atomic mass is 9.95. The summed E-state index contributed by atoms with van der Waals surface area (Å²) < 4.78 is 0. The van der Waals surface area contributed by atoms with Crippen LogP contribution in [0, 0.1) is 0 Å². The molecule has 154 valence electrons. The van der Waals surface area contributed by atoms with E-state index in [2.05, 4.69) is 55.5 Å². The Kier molecular flexibility index (Phi) is 4.41. The number of aromatic nitrogens is 4. The fraction of sp³-hybridized carbons (Fsp3) is 0.240. The quantitative estimate of drug-likeness (QED) is 0.506. The Morgan fingerprint density at radius 3 is 2.71 bits per heavy atom. The number of rotatable bonds is 3. The van der Waals surface area contributed by atoms with E-state index in [0.29, 0.717) is 0 Å². The summed E-state index contributed by atoms with van der Waals surface area (Å²) >= 11 is 0. The van der Waals surface area contributed by atoms with Crippen molar-refractivity contribution in [3.63, 3.8) is 0 Å². The summed E-state index contributed by atoms with van der Waals surface area (Å²) in [5, 5.41) is 3.48. The van der Waals surface area contributed by atoms with Crippen LogP contribution in [0.1, 0.15) is 30.7 Å². The second kappa shape index (κ2) is 7.54. The Morgan fingerprint density at radius 1 is 0.903 bits per heavy atom. The third-order valence-corrected chi connectivity index (χ3v) is 6.23. The molecule has 0 spiro atoms. The van der Waals surface area contributed by atoms with Crippen LogP contribution in [0.15, 0.2) is 61.2 Å². The topological polar surface area (TPSA) is 69.7 Å². The maximum atomic E-state index is 5.07. The fourth-order valence-electron chi connectivity index (χ4n) is 4.64. The van der Waals surface area contributed by atoms with Gasteiger partial charge in [-0.2, -0.15) is 0 Å². The summed E-state index contributed by atoms with van der Waals surface area (Å²) in [5.74, 6) is 0.896. The molecule has 5 heterocycles. The molecule has 3 aromatic heterocycles. The lowest BCUT2D eigenvalue weighted by Gasteiger charge is -2.28. The van der Waals surface area contributed by atoms with Crippen molar-refractivity contribution in [3.05, 3.63) is 72.6 Å². The Balaban J connectivity index is 1.43. The van der Waals surface area contributed by atoms with Crippen molar-refractivity contribution < 1.29 is 0 Å². The number of nitrogens with zero attached hydrogens (tertiary/aromatic N) is 4. The number of hydrogen-bond acceptors (Lipinski definition) is 5. The molecular formula is C25H24N6. The molecule has 1 fully saturated rings. The Bertz CT molecular complexity index is 1270. The van der Waals surface area contributed by atoms with Crippen molar-refractivity contribution >= 4 is 28.0 Å². The highest BCUT2D eigenvalue weighted by Gasteiger charge is 2.21. The molecule has 0 bridgehead atoms. The SMILES string of the molecule is C1=C(c2nc3c(N4CCCCC4)cncc3[nH]2)c2cc(-c3cccnc3)ccc2NC1. The van der Waals surface area contributed by atoms with Gasteiger partial charge in [0.25, 0.3) is 0 Å². The van der Waals surface area contributed by atoms with Crippen molar-refractivity contribution in [3.8, 4) is 11.1 Å². The fourth-order valence-corrected chi connectivity index (χ4v) is 4.64. The second-order valence-corrected chi connectivity index (χ2v) is 8.19. The molecule has 6 rings (SSSR count). The molecule has 0 unspecified atom stereocenters. The molecule has 2 aliphatic heterocycles. The average molecular weight is 409 g/mol. The van der Waals surface area contributed by atoms with E-state index in [9.17, 15) is 0 Å². The van der Waals surface area contributed by atoms with Crippen LogP contribution in [0.2, 0.25) is 0 Å². The molecule has 1 aromatic carbocycles. The summed E-state index contributed by atoms with van der Waals surface area (Å²) in [7, 11) is 0. The zero-order valence-electron chi connectivity index (χ0n) is 17.3. The van der Waals surface area contributed by atoms with Gasteiger partial charge in [0.15, 0.2) is 0 Å². The first-order valence-electron chi connectivity index (χ1n) is 10.9. The van der Waals surface area contributed by atoms with Crippen molar-refractivity contribution in [2.75, 3.05) is 29.9 Å². The molecular weight excluding hydrogens is 384 g/mol. The molecule has 0 amide bonds. The third kappa shape index (κ3) is 3.24. The maximum absolute atomic E-state index is 5.07. The molecule has 0 radical (unpaired) electrons. The number of nitrogens with one attached hydrogen (secondary N) is 2. The largest absolute Gasteiger partial charge is 0.381 e. The first-order valence-corrected chi connectivity index (χ1v) is 10.9. The molecule has 31 heavy (non-hydrogen) atoms. The number of anilines is 2. The number of benzene rings is 1. The van der Waals surface area contributed by atoms with E-state index in [1.165, 1.54) is 19.3 Å². The van der Waals surface area contributed by atoms with Crippen LogP contribution >= 0.6 is 0 Å². The lowest BCUT2D eigenvalue weighted by molar-refractivity contribution is 0.578. The zero-order valence-corrected chi connectivity index (χ0v) is 17.3. The lowest BCUT2D eigenvalue weighted by Crippen LogP contribution is -2.29. The molecule has 0 atom stereocenters. The average Bonchev–Trinajstić information content (AvgIpc) is 3.29. The monoisotopic (exact) mass is 408 g/mol. The number of pyridine rings is 2. The predicted molar refractivity (Wildman–Crippen MR) is 125 cm³/mol. The molecule has 2 N–H and O–H groups in total. The molecule has 2 aliphatic rings. The highest BCUT2D eigenvalue weighted by molar-refractivity contribution is 5.94. The second-order valence-electron chi connectivity index (χ2n) is 8.19. The van der Waals surface area contributed by atoms with Gasteiger partial charge in [0.05, 0.1) is 23.6 Å². The zero-order chi connectivity index (χ0) is 20.6. The van der Waals surface area contributed by atoms with E-state index in [4.69, 9.17) is 4.98 Å². The van der Waals surface area contributed by atoms with Crippen molar-refractivity contribution in [2.45, 2.75) is 19.3 Å². The summed E-state index contributed by atoms with van der Waals surface area (Å²) in [6, 6.07) is 10.6. The maximum Gasteiger partial charge on any atom is 0.139 e. The van der Waals surface area contributed by atoms with Gasteiger partial charge in [0.2, 0.25) is 0 Å². The highest BCUT2D eigenvalue weighted by Crippen LogP contribution is 2.36. The number of piperidine rings is 1. The standard InChI is InChI=1S/C25H24N6/c1-2-11-31(12-3-1)23-16-27-15-22-24(23)30-25(29-22)19-8-10-28-21-7-6-17(13-20(19)21)18-5-4-9-26-14-18/h4-9,13-16,28H,1-3,10-12H2,(H,29,30). The van der Waals surface area contributed by atoms with Crippen molar-refractivity contribution in [1.82, 2.24) is 19.9 Å². The Morgan fingerprint density at radius 2 is 1.84 bits per heavy atom. The Hall–Kier alpha value is -3.67. The summed E-state index contributed by atoms with van der Waals surface area (Å²) in [5.41, 5.74) is 8.79. The first kappa shape index (κ1) is 18.1. The molecule has 6 heteroatoms. The summed E-state index contributed by atoms with van der Waals surface area (Å²) in [4.78, 5) is 19.8. The van der Waals surface area contributed by atoms with Crippen LogP contribution in [0.25, 0.3) is 27.7 Å². The van der Waals surface area contributed by atoms with Crippen molar-refractivity contribution in [2.24, 2.45) is 0 Å². The number of aromatic amines is 1. The first-order chi connectivity index (χ1) is 15.4. The van der Waals surface area contributed by atoms with E-state index in [1.54, 1.807) is 6.20 Å².